The number of carbonyl (C=O) groups excluding carboxylic acids is 2. The predicted octanol–water partition coefficient (Wildman–Crippen LogP) is 1.83. The Morgan fingerprint density at radius 1 is 1.50 bits per heavy atom. The fraction of sp³-hybridized carbons (Fsp3) is 0.308. The number of nitrogens with one attached hydrogen (secondary N) is 1. The lowest BCUT2D eigenvalue weighted by atomic mass is 10.4. The predicted molar refractivity (Wildman–Crippen MR) is 75.9 cm³/mol. The molecule has 1 N–H and O–H groups in total. The van der Waals surface area contributed by atoms with Crippen molar-refractivity contribution in [1.82, 2.24) is 10.5 Å². The lowest BCUT2D eigenvalue weighted by Gasteiger charge is -2.17. The van der Waals surface area contributed by atoms with Crippen LogP contribution in [0.25, 0.3) is 0 Å². The van der Waals surface area contributed by atoms with Crippen LogP contribution in [0.5, 0.6) is 0 Å². The van der Waals surface area contributed by atoms with E-state index in [2.05, 4.69) is 10.5 Å². The van der Waals surface area contributed by atoms with E-state index in [1.807, 2.05) is 11.4 Å². The summed E-state index contributed by atoms with van der Waals surface area (Å²) in [5.41, 5.74) is 0. The fourth-order valence-electron chi connectivity index (χ4n) is 1.69. The number of aryl methyl sites for hydroxylation is 1. The van der Waals surface area contributed by atoms with Crippen molar-refractivity contribution in [3.63, 3.8) is 0 Å². The van der Waals surface area contributed by atoms with Crippen LogP contribution in [-0.2, 0) is 4.79 Å². The summed E-state index contributed by atoms with van der Waals surface area (Å²) < 4.78 is 4.95. The number of hydrogen-bond acceptors (Lipinski definition) is 5. The molecule has 2 aromatic heterocycles. The molecule has 2 aromatic rings. The van der Waals surface area contributed by atoms with Crippen molar-refractivity contribution in [3.8, 4) is 0 Å². The van der Waals surface area contributed by atoms with Crippen LogP contribution in [0.3, 0.4) is 0 Å². The van der Waals surface area contributed by atoms with Gasteiger partial charge in [-0.1, -0.05) is 11.2 Å². The van der Waals surface area contributed by atoms with Crippen molar-refractivity contribution in [3.05, 3.63) is 34.2 Å². The molecule has 2 amide bonds. The zero-order valence-electron chi connectivity index (χ0n) is 11.3. The third-order valence-electron chi connectivity index (χ3n) is 2.64. The van der Waals surface area contributed by atoms with Gasteiger partial charge in [0.25, 0.3) is 5.91 Å². The van der Waals surface area contributed by atoms with Crippen LogP contribution in [0.15, 0.2) is 28.1 Å². The van der Waals surface area contributed by atoms with Gasteiger partial charge in [-0.25, -0.2) is 0 Å². The summed E-state index contributed by atoms with van der Waals surface area (Å²) >= 11 is 1.38. The average Bonchev–Trinajstić information content (AvgIpc) is 3.05. The van der Waals surface area contributed by atoms with Gasteiger partial charge in [0, 0.05) is 26.1 Å². The zero-order chi connectivity index (χ0) is 14.5. The minimum absolute atomic E-state index is 0.139. The first kappa shape index (κ1) is 14.3. The fourth-order valence-corrected chi connectivity index (χ4v) is 2.33. The molecule has 0 saturated carbocycles. The number of carbonyl (C=O) groups is 2. The van der Waals surface area contributed by atoms with Crippen molar-refractivity contribution >= 4 is 29.0 Å². The van der Waals surface area contributed by atoms with Gasteiger partial charge in [0.2, 0.25) is 5.91 Å². The first-order chi connectivity index (χ1) is 9.58. The molecule has 0 aliphatic carbocycles. The molecule has 0 unspecified atom stereocenters. The third-order valence-corrected chi connectivity index (χ3v) is 3.51. The quantitative estimate of drug-likeness (QED) is 0.912. The summed E-state index contributed by atoms with van der Waals surface area (Å²) in [5, 5.41) is 8.41. The zero-order valence-corrected chi connectivity index (χ0v) is 12.1. The highest BCUT2D eigenvalue weighted by Gasteiger charge is 2.15. The minimum Gasteiger partial charge on any atom is -0.360 e. The van der Waals surface area contributed by atoms with Crippen molar-refractivity contribution < 1.29 is 14.1 Å². The molecule has 0 bridgehead atoms. The van der Waals surface area contributed by atoms with Crippen molar-refractivity contribution in [1.29, 1.82) is 0 Å². The number of rotatable bonds is 5. The molecule has 0 radical (unpaired) electrons. The second kappa shape index (κ2) is 6.33. The molecule has 0 spiro atoms. The number of amides is 2. The minimum atomic E-state index is -0.149. The van der Waals surface area contributed by atoms with Gasteiger partial charge in [0.05, 0.1) is 4.88 Å². The summed E-state index contributed by atoms with van der Waals surface area (Å²) in [7, 11) is 0. The van der Waals surface area contributed by atoms with Crippen molar-refractivity contribution in [2.75, 3.05) is 18.0 Å². The molecule has 6 nitrogen and oxygen atoms in total. The number of nitrogens with zero attached hydrogens (tertiary/aromatic N) is 2. The average molecular weight is 293 g/mol. The lowest BCUT2D eigenvalue weighted by molar-refractivity contribution is -0.116. The highest BCUT2D eigenvalue weighted by atomic mass is 32.1. The molecule has 106 valence electrons. The Bertz CT molecular complexity index is 592. The van der Waals surface area contributed by atoms with E-state index in [9.17, 15) is 9.59 Å². The summed E-state index contributed by atoms with van der Waals surface area (Å²) in [6.45, 7) is 3.90. The molecule has 20 heavy (non-hydrogen) atoms. The first-order valence-corrected chi connectivity index (χ1v) is 6.99. The lowest BCUT2D eigenvalue weighted by Crippen LogP contribution is -2.37. The SMILES string of the molecule is CC(=O)N(CCNC(=O)c1cccs1)c1cc(C)on1. The van der Waals surface area contributed by atoms with Crippen LogP contribution in [0.2, 0.25) is 0 Å². The molecule has 0 aromatic carbocycles. The molecule has 2 heterocycles. The van der Waals surface area contributed by atoms with E-state index in [4.69, 9.17) is 4.52 Å². The molecule has 2 rings (SSSR count). The van der Waals surface area contributed by atoms with Crippen LogP contribution in [-0.4, -0.2) is 30.1 Å². The van der Waals surface area contributed by atoms with Crippen LogP contribution < -0.4 is 10.2 Å². The summed E-state index contributed by atoms with van der Waals surface area (Å²) in [4.78, 5) is 25.5. The molecule has 0 aliphatic rings. The van der Waals surface area contributed by atoms with E-state index in [0.717, 1.165) is 0 Å². The van der Waals surface area contributed by atoms with Gasteiger partial charge in [0.1, 0.15) is 5.76 Å². The van der Waals surface area contributed by atoms with Crippen LogP contribution >= 0.6 is 11.3 Å². The van der Waals surface area contributed by atoms with Crippen LogP contribution in [0, 0.1) is 6.92 Å². The maximum atomic E-state index is 11.8. The molecule has 7 heteroatoms. The molecule has 0 fully saturated rings. The van der Waals surface area contributed by atoms with E-state index in [-0.39, 0.29) is 11.8 Å². The van der Waals surface area contributed by atoms with E-state index in [1.54, 1.807) is 19.1 Å². The summed E-state index contributed by atoms with van der Waals surface area (Å²) in [5.74, 6) is 0.803. The Kier molecular flexibility index (Phi) is 4.52. The number of thiophene rings is 1. The maximum Gasteiger partial charge on any atom is 0.261 e. The second-order valence-electron chi connectivity index (χ2n) is 4.20. The molecule has 0 saturated heterocycles. The Hall–Kier alpha value is -2.15. The normalized spacial score (nSPS) is 10.3. The highest BCUT2D eigenvalue weighted by molar-refractivity contribution is 7.12. The van der Waals surface area contributed by atoms with Crippen LogP contribution in [0.4, 0.5) is 5.82 Å². The smallest absolute Gasteiger partial charge is 0.261 e. The Morgan fingerprint density at radius 3 is 2.85 bits per heavy atom. The topological polar surface area (TPSA) is 75.4 Å². The van der Waals surface area contributed by atoms with Gasteiger partial charge in [-0.05, 0) is 18.4 Å². The van der Waals surface area contributed by atoms with Gasteiger partial charge in [-0.2, -0.15) is 0 Å². The Morgan fingerprint density at radius 2 is 2.30 bits per heavy atom. The van der Waals surface area contributed by atoms with E-state index < -0.39 is 0 Å². The maximum absolute atomic E-state index is 11.8. The highest BCUT2D eigenvalue weighted by Crippen LogP contribution is 2.13. The van der Waals surface area contributed by atoms with E-state index >= 15 is 0 Å². The Balaban J connectivity index is 1.90. The summed E-state index contributed by atoms with van der Waals surface area (Å²) in [6.07, 6.45) is 0. The molecular weight excluding hydrogens is 278 g/mol. The number of aromatic nitrogens is 1. The van der Waals surface area contributed by atoms with Gasteiger partial charge < -0.3 is 9.84 Å². The monoisotopic (exact) mass is 293 g/mol. The van der Waals surface area contributed by atoms with Crippen molar-refractivity contribution in [2.45, 2.75) is 13.8 Å². The van der Waals surface area contributed by atoms with E-state index in [1.165, 1.54) is 23.2 Å². The molecule has 0 atom stereocenters. The van der Waals surface area contributed by atoms with Crippen LogP contribution in [0.1, 0.15) is 22.4 Å². The standard InChI is InChI=1S/C13H15N3O3S/c1-9-8-12(15-19-9)16(10(2)17)6-5-14-13(18)11-4-3-7-20-11/h3-4,7-8H,5-6H2,1-2H3,(H,14,18). The van der Waals surface area contributed by atoms with Gasteiger partial charge in [-0.3, -0.25) is 14.5 Å². The first-order valence-electron chi connectivity index (χ1n) is 6.11. The molecule has 0 aliphatic heterocycles. The molecular formula is C13H15N3O3S. The largest absolute Gasteiger partial charge is 0.360 e. The third kappa shape index (κ3) is 3.45. The van der Waals surface area contributed by atoms with E-state index in [0.29, 0.717) is 29.5 Å². The Labute approximate surface area is 120 Å². The number of hydrogen-bond donors (Lipinski definition) is 1. The van der Waals surface area contributed by atoms with Crippen molar-refractivity contribution in [2.24, 2.45) is 0 Å². The summed E-state index contributed by atoms with van der Waals surface area (Å²) in [6, 6.07) is 5.26. The number of anilines is 1. The second-order valence-corrected chi connectivity index (χ2v) is 5.15. The van der Waals surface area contributed by atoms with Gasteiger partial charge in [0.15, 0.2) is 5.82 Å². The van der Waals surface area contributed by atoms with Gasteiger partial charge in [-0.15, -0.1) is 11.3 Å². The van der Waals surface area contributed by atoms with Gasteiger partial charge >= 0.3 is 0 Å².